The summed E-state index contributed by atoms with van der Waals surface area (Å²) in [6, 6.07) is 9.50. The number of carbonyl (C=O) groups excluding carboxylic acids is 2. The first-order valence-corrected chi connectivity index (χ1v) is 13.1. The van der Waals surface area contributed by atoms with Crippen LogP contribution < -0.4 is 17.2 Å². The van der Waals surface area contributed by atoms with Gasteiger partial charge in [-0.1, -0.05) is 51.3 Å². The van der Waals surface area contributed by atoms with Crippen LogP contribution in [-0.2, 0) is 15.0 Å². The van der Waals surface area contributed by atoms with Gasteiger partial charge in [-0.05, 0) is 61.9 Å². The molecule has 1 aliphatic carbocycles. The van der Waals surface area contributed by atoms with E-state index in [1.807, 2.05) is 25.1 Å². The van der Waals surface area contributed by atoms with Crippen LogP contribution in [0.15, 0.2) is 35.3 Å². The van der Waals surface area contributed by atoms with Gasteiger partial charge in [0.05, 0.1) is 17.3 Å². The van der Waals surface area contributed by atoms with Crippen molar-refractivity contribution < 1.29 is 9.59 Å². The lowest BCUT2D eigenvalue weighted by Gasteiger charge is -2.16. The van der Waals surface area contributed by atoms with Crippen LogP contribution in [0.25, 0.3) is 10.9 Å². The third-order valence-corrected chi connectivity index (χ3v) is 7.08. The number of aliphatic imine (C=N–C) groups is 1. The molecule has 1 unspecified atom stereocenters. The number of hydrogen-bond donors (Lipinski definition) is 5. The summed E-state index contributed by atoms with van der Waals surface area (Å²) >= 11 is 6.33. The average Bonchev–Trinajstić information content (AvgIpc) is 3.54. The summed E-state index contributed by atoms with van der Waals surface area (Å²) in [5.74, 6) is -1.04. The Morgan fingerprint density at radius 2 is 1.84 bits per heavy atom. The maximum atomic E-state index is 12.0. The van der Waals surface area contributed by atoms with Gasteiger partial charge in [0.2, 0.25) is 12.3 Å². The van der Waals surface area contributed by atoms with Gasteiger partial charge in [0.15, 0.2) is 0 Å². The molecule has 204 valence electrons. The molecule has 0 spiro atoms. The van der Waals surface area contributed by atoms with Crippen LogP contribution in [0.1, 0.15) is 88.6 Å². The second-order valence-corrected chi connectivity index (χ2v) is 10.2. The quantitative estimate of drug-likeness (QED) is 0.140. The number of hydrogen-bond acceptors (Lipinski definition) is 5. The molecular formula is C29H39ClN6O2. The maximum Gasteiger partial charge on any atom is 0.226 e. The molecule has 8 nitrogen and oxygen atoms in total. The van der Waals surface area contributed by atoms with Crippen LogP contribution in [-0.4, -0.2) is 29.2 Å². The topological polar surface area (TPSA) is 164 Å². The molecule has 0 aliphatic heterocycles. The minimum Gasteiger partial charge on any atom is -0.398 e. The van der Waals surface area contributed by atoms with Gasteiger partial charge in [-0.2, -0.15) is 0 Å². The van der Waals surface area contributed by atoms with Crippen LogP contribution in [0.2, 0.25) is 5.02 Å². The fourth-order valence-electron chi connectivity index (χ4n) is 4.09. The standard InChI is InChI=1S/C24H26ClN5O.C4H10.CH3NO/c1-12(23(28)31)21-22(20-16(11-26)18(27)6-7-19(20)30-21)29-13(2)15-10-14(25)4-5-17(15)24(3)8-9-24;1-3-4-2;2-1-3/h4-7,10-12,26,30H,8-9,27H2,1-3H3,(H2,28,31);3-4H2,1-2H3;1H,(H2,2,3). The van der Waals surface area contributed by atoms with E-state index in [1.165, 1.54) is 24.6 Å². The molecule has 1 saturated carbocycles. The van der Waals surface area contributed by atoms with Gasteiger partial charge in [0.1, 0.15) is 0 Å². The van der Waals surface area contributed by atoms with Gasteiger partial charge >= 0.3 is 0 Å². The molecule has 8 N–H and O–H groups in total. The molecule has 0 saturated heterocycles. The number of amides is 2. The molecule has 4 rings (SSSR count). The summed E-state index contributed by atoms with van der Waals surface area (Å²) in [7, 11) is 0. The number of aromatic nitrogens is 1. The Labute approximate surface area is 229 Å². The number of anilines is 1. The van der Waals surface area contributed by atoms with E-state index in [9.17, 15) is 4.79 Å². The summed E-state index contributed by atoms with van der Waals surface area (Å²) in [5, 5.41) is 9.24. The first-order valence-electron chi connectivity index (χ1n) is 12.7. The minimum atomic E-state index is -0.585. The van der Waals surface area contributed by atoms with E-state index in [0.29, 0.717) is 33.0 Å². The van der Waals surface area contributed by atoms with Crippen LogP contribution in [0.5, 0.6) is 0 Å². The van der Waals surface area contributed by atoms with Gasteiger partial charge in [-0.3, -0.25) is 14.6 Å². The second-order valence-electron chi connectivity index (χ2n) is 9.73. The van der Waals surface area contributed by atoms with E-state index in [-0.39, 0.29) is 11.8 Å². The zero-order valence-electron chi connectivity index (χ0n) is 22.8. The summed E-state index contributed by atoms with van der Waals surface area (Å²) < 4.78 is 0. The summed E-state index contributed by atoms with van der Waals surface area (Å²) in [6.07, 6.45) is 6.36. The Morgan fingerprint density at radius 1 is 1.24 bits per heavy atom. The number of nitrogen functional groups attached to an aromatic ring is 1. The van der Waals surface area contributed by atoms with Crippen molar-refractivity contribution in [3.8, 4) is 0 Å². The first-order chi connectivity index (χ1) is 18.0. The minimum absolute atomic E-state index is 0.130. The van der Waals surface area contributed by atoms with E-state index < -0.39 is 11.8 Å². The molecular weight excluding hydrogens is 500 g/mol. The van der Waals surface area contributed by atoms with Gasteiger partial charge < -0.3 is 27.6 Å². The van der Waals surface area contributed by atoms with Crippen molar-refractivity contribution in [1.82, 2.24) is 4.98 Å². The van der Waals surface area contributed by atoms with Crippen molar-refractivity contribution in [2.24, 2.45) is 16.5 Å². The molecule has 38 heavy (non-hydrogen) atoms. The largest absolute Gasteiger partial charge is 0.398 e. The summed E-state index contributed by atoms with van der Waals surface area (Å²) in [4.78, 5) is 28.8. The van der Waals surface area contributed by atoms with E-state index in [4.69, 9.17) is 38.3 Å². The second kappa shape index (κ2) is 13.2. The molecule has 1 aliphatic rings. The molecule has 1 heterocycles. The maximum absolute atomic E-state index is 12.0. The number of nitrogens with two attached hydrogens (primary N) is 3. The van der Waals surface area contributed by atoms with E-state index in [1.54, 1.807) is 13.0 Å². The number of nitrogens with one attached hydrogen (secondary N) is 2. The molecule has 0 radical (unpaired) electrons. The SMILES string of the molecule is CC(=Nc1c(C(C)C(N)=O)[nH]c2ccc(N)c(C=N)c12)c1cc(Cl)ccc1C1(C)CC1.CCCC.NC=O. The molecule has 1 atom stereocenters. The molecule has 1 aromatic heterocycles. The van der Waals surface area contributed by atoms with Crippen LogP contribution in [0.4, 0.5) is 11.4 Å². The van der Waals surface area contributed by atoms with Gasteiger partial charge in [0.25, 0.3) is 0 Å². The van der Waals surface area contributed by atoms with Gasteiger partial charge in [-0.15, -0.1) is 0 Å². The zero-order valence-corrected chi connectivity index (χ0v) is 23.6. The highest BCUT2D eigenvalue weighted by Crippen LogP contribution is 2.49. The van der Waals surface area contributed by atoms with E-state index in [0.717, 1.165) is 29.6 Å². The van der Waals surface area contributed by atoms with Gasteiger partial charge in [-0.25, -0.2) is 0 Å². The third kappa shape index (κ3) is 6.81. The van der Waals surface area contributed by atoms with Crippen molar-refractivity contribution in [1.29, 1.82) is 5.41 Å². The van der Waals surface area contributed by atoms with Crippen molar-refractivity contribution in [3.05, 3.63) is 57.7 Å². The molecule has 9 heteroatoms. The fraction of sp³-hybridized carbons (Fsp3) is 0.379. The fourth-order valence-corrected chi connectivity index (χ4v) is 4.26. The number of benzene rings is 2. The number of nitrogens with zero attached hydrogens (tertiary/aromatic N) is 1. The molecule has 2 aromatic carbocycles. The number of H-pyrrole nitrogens is 1. The molecule has 3 aromatic rings. The number of halogens is 1. The molecule has 1 fully saturated rings. The smallest absolute Gasteiger partial charge is 0.226 e. The van der Waals surface area contributed by atoms with Crippen LogP contribution >= 0.6 is 11.6 Å². The number of rotatable bonds is 7. The Kier molecular flexibility index (Phi) is 10.6. The van der Waals surface area contributed by atoms with Crippen LogP contribution in [0.3, 0.4) is 0 Å². The lowest BCUT2D eigenvalue weighted by molar-refractivity contribution is -0.119. The highest BCUT2D eigenvalue weighted by Gasteiger charge is 2.40. The zero-order chi connectivity index (χ0) is 28.6. The monoisotopic (exact) mass is 538 g/mol. The Hall–Kier alpha value is -3.65. The molecule has 2 amide bonds. The van der Waals surface area contributed by atoms with E-state index in [2.05, 4.69) is 37.6 Å². The summed E-state index contributed by atoms with van der Waals surface area (Å²) in [6.45, 7) is 10.3. The number of carbonyl (C=O) groups is 2. The van der Waals surface area contributed by atoms with Crippen molar-refractivity contribution in [2.75, 3.05) is 5.73 Å². The number of primary amides is 2. The summed E-state index contributed by atoms with van der Waals surface area (Å²) in [5.41, 5.74) is 22.0. The number of aromatic amines is 1. The van der Waals surface area contributed by atoms with E-state index >= 15 is 0 Å². The Bertz CT molecular complexity index is 1340. The average molecular weight is 539 g/mol. The number of unbranched alkanes of at least 4 members (excludes halogenated alkanes) is 1. The van der Waals surface area contributed by atoms with Crippen LogP contribution in [0, 0.1) is 5.41 Å². The number of fused-ring (bicyclic) bond motifs is 1. The first kappa shape index (κ1) is 30.6. The van der Waals surface area contributed by atoms with Crippen molar-refractivity contribution in [3.63, 3.8) is 0 Å². The van der Waals surface area contributed by atoms with Crippen molar-refractivity contribution >= 4 is 58.1 Å². The predicted octanol–water partition coefficient (Wildman–Crippen LogP) is 6.09. The lowest BCUT2D eigenvalue weighted by Crippen LogP contribution is -2.19. The Balaban J connectivity index is 0.000000650. The predicted molar refractivity (Wildman–Crippen MR) is 159 cm³/mol. The molecule has 0 bridgehead atoms. The highest BCUT2D eigenvalue weighted by atomic mass is 35.5. The lowest BCUT2D eigenvalue weighted by atomic mass is 9.91. The Morgan fingerprint density at radius 3 is 2.34 bits per heavy atom. The normalized spacial score (nSPS) is 14.4. The third-order valence-electron chi connectivity index (χ3n) is 6.85. The highest BCUT2D eigenvalue weighted by molar-refractivity contribution is 6.31. The van der Waals surface area contributed by atoms with Crippen molar-refractivity contribution in [2.45, 2.75) is 71.6 Å². The van der Waals surface area contributed by atoms with Gasteiger partial charge in [0, 0.05) is 44.7 Å².